The summed E-state index contributed by atoms with van der Waals surface area (Å²) in [6, 6.07) is 3.01. The molecule has 0 unspecified atom stereocenters. The van der Waals surface area contributed by atoms with Crippen molar-refractivity contribution in [2.75, 3.05) is 37.4 Å². The number of anilines is 2. The van der Waals surface area contributed by atoms with Gasteiger partial charge in [0.15, 0.2) is 0 Å². The fourth-order valence-corrected chi connectivity index (χ4v) is 1.39. The molecule has 0 atom stereocenters. The monoisotopic (exact) mass is 254 g/mol. The maximum Gasteiger partial charge on any atom is 0.311 e. The summed E-state index contributed by atoms with van der Waals surface area (Å²) in [6.07, 6.45) is 0.774. The summed E-state index contributed by atoms with van der Waals surface area (Å²) in [7, 11) is 1.72. The van der Waals surface area contributed by atoms with Gasteiger partial charge in [0.2, 0.25) is 5.82 Å². The Morgan fingerprint density at radius 2 is 2.28 bits per heavy atom. The third-order valence-electron chi connectivity index (χ3n) is 2.29. The number of rotatable bonds is 8. The van der Waals surface area contributed by atoms with Crippen LogP contribution in [0.1, 0.15) is 13.3 Å². The summed E-state index contributed by atoms with van der Waals surface area (Å²) in [5, 5.41) is 16.6. The number of ether oxygens (including phenoxy) is 1. The molecule has 1 heterocycles. The molecule has 0 fully saturated rings. The summed E-state index contributed by atoms with van der Waals surface area (Å²) in [5.74, 6) is 0.872. The Bertz CT molecular complexity index is 398. The minimum absolute atomic E-state index is 0.0228. The molecule has 18 heavy (non-hydrogen) atoms. The molecule has 7 heteroatoms. The van der Waals surface area contributed by atoms with Gasteiger partial charge in [0, 0.05) is 32.9 Å². The molecule has 1 aromatic rings. The number of nitrogens with one attached hydrogen (secondary N) is 2. The lowest BCUT2D eigenvalue weighted by Gasteiger charge is -2.08. The zero-order chi connectivity index (χ0) is 13.4. The third-order valence-corrected chi connectivity index (χ3v) is 2.29. The topological polar surface area (TPSA) is 89.3 Å². The Morgan fingerprint density at radius 1 is 1.50 bits per heavy atom. The van der Waals surface area contributed by atoms with E-state index in [0.29, 0.717) is 25.6 Å². The Labute approximate surface area is 106 Å². The highest BCUT2D eigenvalue weighted by Gasteiger charge is 2.15. The maximum absolute atomic E-state index is 10.8. The van der Waals surface area contributed by atoms with Crippen molar-refractivity contribution in [1.82, 2.24) is 4.98 Å². The van der Waals surface area contributed by atoms with Crippen molar-refractivity contribution < 1.29 is 9.66 Å². The van der Waals surface area contributed by atoms with E-state index < -0.39 is 4.92 Å². The highest BCUT2D eigenvalue weighted by molar-refractivity contribution is 5.60. The third kappa shape index (κ3) is 4.17. The fourth-order valence-electron chi connectivity index (χ4n) is 1.39. The minimum Gasteiger partial charge on any atom is -0.382 e. The van der Waals surface area contributed by atoms with Crippen molar-refractivity contribution in [3.63, 3.8) is 0 Å². The molecule has 0 amide bonds. The summed E-state index contributed by atoms with van der Waals surface area (Å²) in [5.41, 5.74) is -0.0228. The Balaban J connectivity index is 2.63. The molecule has 0 aliphatic heterocycles. The molecule has 0 aromatic carbocycles. The van der Waals surface area contributed by atoms with Gasteiger partial charge in [-0.2, -0.15) is 0 Å². The van der Waals surface area contributed by atoms with Gasteiger partial charge in [-0.25, -0.2) is 4.98 Å². The van der Waals surface area contributed by atoms with Crippen molar-refractivity contribution in [1.29, 1.82) is 0 Å². The quantitative estimate of drug-likeness (QED) is 0.418. The molecule has 1 aromatic heterocycles. The smallest absolute Gasteiger partial charge is 0.311 e. The van der Waals surface area contributed by atoms with Crippen molar-refractivity contribution >= 4 is 17.3 Å². The standard InChI is InChI=1S/C11H18N4O3/c1-3-18-8-4-7-13-11-9(15(16)17)5-6-10(12-2)14-11/h5-6H,3-4,7-8H2,1-2H3,(H2,12,13,14). The summed E-state index contributed by atoms with van der Waals surface area (Å²) in [4.78, 5) is 14.5. The van der Waals surface area contributed by atoms with Crippen LogP contribution in [0, 0.1) is 10.1 Å². The first-order chi connectivity index (χ1) is 8.69. The van der Waals surface area contributed by atoms with Crippen molar-refractivity contribution in [2.24, 2.45) is 0 Å². The van der Waals surface area contributed by atoms with Crippen LogP contribution in [0.25, 0.3) is 0 Å². The minimum atomic E-state index is -0.447. The van der Waals surface area contributed by atoms with E-state index in [2.05, 4.69) is 15.6 Å². The van der Waals surface area contributed by atoms with Gasteiger partial charge < -0.3 is 15.4 Å². The van der Waals surface area contributed by atoms with Gasteiger partial charge in [-0.3, -0.25) is 10.1 Å². The van der Waals surface area contributed by atoms with Crippen LogP contribution in [0.15, 0.2) is 12.1 Å². The molecule has 2 N–H and O–H groups in total. The Hall–Kier alpha value is -1.89. The zero-order valence-corrected chi connectivity index (χ0v) is 10.6. The highest BCUT2D eigenvalue weighted by atomic mass is 16.6. The van der Waals surface area contributed by atoms with E-state index >= 15 is 0 Å². The van der Waals surface area contributed by atoms with E-state index in [1.807, 2.05) is 6.92 Å². The number of hydrogen-bond acceptors (Lipinski definition) is 6. The molecule has 7 nitrogen and oxygen atoms in total. The van der Waals surface area contributed by atoms with Gasteiger partial charge in [-0.05, 0) is 19.4 Å². The lowest BCUT2D eigenvalue weighted by molar-refractivity contribution is -0.384. The van der Waals surface area contributed by atoms with Gasteiger partial charge in [0.1, 0.15) is 5.82 Å². The van der Waals surface area contributed by atoms with Crippen LogP contribution in [0.4, 0.5) is 17.3 Å². The van der Waals surface area contributed by atoms with E-state index in [1.165, 1.54) is 6.07 Å². The first-order valence-corrected chi connectivity index (χ1v) is 5.83. The number of nitro groups is 1. The molecule has 0 aliphatic rings. The van der Waals surface area contributed by atoms with Crippen molar-refractivity contribution in [3.8, 4) is 0 Å². The Morgan fingerprint density at radius 3 is 2.89 bits per heavy atom. The molecule has 0 spiro atoms. The number of pyridine rings is 1. The normalized spacial score (nSPS) is 10.1. The van der Waals surface area contributed by atoms with E-state index in [9.17, 15) is 10.1 Å². The predicted molar refractivity (Wildman–Crippen MR) is 70.0 cm³/mol. The first-order valence-electron chi connectivity index (χ1n) is 5.83. The maximum atomic E-state index is 10.8. The van der Waals surface area contributed by atoms with Crippen LogP contribution < -0.4 is 10.6 Å². The largest absolute Gasteiger partial charge is 0.382 e. The molecule has 100 valence electrons. The molecule has 0 radical (unpaired) electrons. The second-order valence-electron chi connectivity index (χ2n) is 3.55. The lowest BCUT2D eigenvalue weighted by Crippen LogP contribution is -2.09. The van der Waals surface area contributed by atoms with E-state index in [1.54, 1.807) is 13.1 Å². The number of aromatic nitrogens is 1. The molecular formula is C11H18N4O3. The van der Waals surface area contributed by atoms with Crippen LogP contribution in [0.5, 0.6) is 0 Å². The summed E-state index contributed by atoms with van der Waals surface area (Å²) < 4.78 is 5.19. The Kier molecular flexibility index (Phi) is 5.86. The zero-order valence-electron chi connectivity index (χ0n) is 10.6. The van der Waals surface area contributed by atoms with E-state index in [-0.39, 0.29) is 11.5 Å². The van der Waals surface area contributed by atoms with Crippen LogP contribution in [0.3, 0.4) is 0 Å². The average molecular weight is 254 g/mol. The fraction of sp³-hybridized carbons (Fsp3) is 0.545. The second-order valence-corrected chi connectivity index (χ2v) is 3.55. The average Bonchev–Trinajstić information content (AvgIpc) is 2.38. The second kappa shape index (κ2) is 7.44. The van der Waals surface area contributed by atoms with Gasteiger partial charge in [-0.1, -0.05) is 0 Å². The molecule has 0 saturated heterocycles. The van der Waals surface area contributed by atoms with Crippen LogP contribution >= 0.6 is 0 Å². The van der Waals surface area contributed by atoms with Crippen LogP contribution in [0.2, 0.25) is 0 Å². The number of nitrogens with zero attached hydrogens (tertiary/aromatic N) is 2. The molecular weight excluding hydrogens is 236 g/mol. The predicted octanol–water partition coefficient (Wildman–Crippen LogP) is 1.87. The van der Waals surface area contributed by atoms with Crippen LogP contribution in [-0.2, 0) is 4.74 Å². The van der Waals surface area contributed by atoms with E-state index in [4.69, 9.17) is 4.74 Å². The molecule has 1 rings (SSSR count). The molecule has 0 saturated carbocycles. The van der Waals surface area contributed by atoms with Gasteiger partial charge in [-0.15, -0.1) is 0 Å². The van der Waals surface area contributed by atoms with E-state index in [0.717, 1.165) is 6.42 Å². The van der Waals surface area contributed by atoms with Crippen molar-refractivity contribution in [2.45, 2.75) is 13.3 Å². The van der Waals surface area contributed by atoms with Crippen LogP contribution in [-0.4, -0.2) is 36.7 Å². The molecule has 0 bridgehead atoms. The summed E-state index contributed by atoms with van der Waals surface area (Å²) in [6.45, 7) is 3.81. The van der Waals surface area contributed by atoms with Gasteiger partial charge >= 0.3 is 5.69 Å². The van der Waals surface area contributed by atoms with Gasteiger partial charge in [0.25, 0.3) is 0 Å². The highest BCUT2D eigenvalue weighted by Crippen LogP contribution is 2.23. The first kappa shape index (κ1) is 14.2. The van der Waals surface area contributed by atoms with Gasteiger partial charge in [0.05, 0.1) is 4.92 Å². The molecule has 0 aliphatic carbocycles. The SMILES string of the molecule is CCOCCCNc1nc(NC)ccc1[N+](=O)[O-]. The lowest BCUT2D eigenvalue weighted by atomic mass is 10.3. The summed E-state index contributed by atoms with van der Waals surface area (Å²) >= 11 is 0. The van der Waals surface area contributed by atoms with Crippen molar-refractivity contribution in [3.05, 3.63) is 22.2 Å². The number of hydrogen-bond donors (Lipinski definition) is 2.